The van der Waals surface area contributed by atoms with Crippen LogP contribution in [-0.2, 0) is 23.9 Å². The van der Waals surface area contributed by atoms with E-state index >= 15 is 0 Å². The predicted molar refractivity (Wildman–Crippen MR) is 80.1 cm³/mol. The molecule has 2 aliphatic heterocycles. The zero-order valence-electron chi connectivity index (χ0n) is 13.6. The summed E-state index contributed by atoms with van der Waals surface area (Å²) in [6.07, 6.45) is 0.803. The molecule has 0 aromatic carbocycles. The highest BCUT2D eigenvalue weighted by molar-refractivity contribution is 5.10. The lowest BCUT2D eigenvalue weighted by atomic mass is 9.96. The zero-order chi connectivity index (χ0) is 16.6. The third kappa shape index (κ3) is 4.07. The van der Waals surface area contributed by atoms with E-state index in [4.69, 9.17) is 4.74 Å². The molecule has 1 fully saturated rings. The number of rotatable bonds is 3. The van der Waals surface area contributed by atoms with Crippen molar-refractivity contribution in [3.63, 3.8) is 0 Å². The van der Waals surface area contributed by atoms with Crippen molar-refractivity contribution in [2.75, 3.05) is 6.54 Å². The molecule has 1 aromatic heterocycles. The van der Waals surface area contributed by atoms with Gasteiger partial charge in [-0.3, -0.25) is 0 Å². The fourth-order valence-corrected chi connectivity index (χ4v) is 3.72. The Morgan fingerprint density at radius 3 is 2.65 bits per heavy atom. The Labute approximate surface area is 134 Å². The van der Waals surface area contributed by atoms with Gasteiger partial charge in [-0.2, -0.15) is 13.2 Å². The summed E-state index contributed by atoms with van der Waals surface area (Å²) in [5, 5.41) is 3.58. The van der Waals surface area contributed by atoms with Crippen LogP contribution in [0, 0.1) is 5.92 Å². The summed E-state index contributed by atoms with van der Waals surface area (Å²) in [6, 6.07) is 0.434. The first-order valence-electron chi connectivity index (χ1n) is 8.33. The van der Waals surface area contributed by atoms with Gasteiger partial charge in [-0.1, -0.05) is 0 Å². The molecule has 23 heavy (non-hydrogen) atoms. The number of aromatic nitrogens is 2. The van der Waals surface area contributed by atoms with Crippen LogP contribution in [0.1, 0.15) is 44.6 Å². The first-order valence-corrected chi connectivity index (χ1v) is 8.33. The van der Waals surface area contributed by atoms with E-state index < -0.39 is 11.9 Å². The molecule has 2 aliphatic rings. The standard InChI is InChI=1S/C16H24F3N3O/c1-10-5-13(6-11(2)23-10)20-7-12-3-4-15-21-14(16(17,18)19)9-22(15)8-12/h9-13,20H,3-8H2,1-2H3/t10-,11+,12-,13?/m1/s1. The van der Waals surface area contributed by atoms with E-state index in [0.29, 0.717) is 30.7 Å². The molecule has 3 rings (SSSR count). The monoisotopic (exact) mass is 331 g/mol. The molecule has 1 unspecified atom stereocenters. The quantitative estimate of drug-likeness (QED) is 0.925. The van der Waals surface area contributed by atoms with Gasteiger partial charge in [0.15, 0.2) is 5.69 Å². The van der Waals surface area contributed by atoms with Crippen LogP contribution in [0.25, 0.3) is 0 Å². The number of hydrogen-bond donors (Lipinski definition) is 1. The van der Waals surface area contributed by atoms with Gasteiger partial charge in [0.25, 0.3) is 0 Å². The molecule has 3 heterocycles. The summed E-state index contributed by atoms with van der Waals surface area (Å²) in [6.45, 7) is 5.62. The molecule has 0 bridgehead atoms. The second-order valence-corrected chi connectivity index (χ2v) is 6.93. The maximum atomic E-state index is 12.7. The summed E-state index contributed by atoms with van der Waals surface area (Å²) in [7, 11) is 0. The van der Waals surface area contributed by atoms with Crippen LogP contribution in [0.3, 0.4) is 0 Å². The van der Waals surface area contributed by atoms with Gasteiger partial charge in [-0.25, -0.2) is 4.98 Å². The Morgan fingerprint density at radius 2 is 2.00 bits per heavy atom. The topological polar surface area (TPSA) is 39.1 Å². The normalized spacial score (nSPS) is 31.9. The SMILES string of the molecule is C[C@@H]1CC(NC[C@H]2CCc3nc(C(F)(F)F)cn3C2)C[C@H](C)O1. The molecule has 1 saturated heterocycles. The second kappa shape index (κ2) is 6.43. The van der Waals surface area contributed by atoms with Crippen LogP contribution >= 0.6 is 0 Å². The Kier molecular flexibility index (Phi) is 4.69. The lowest BCUT2D eigenvalue weighted by Crippen LogP contribution is -2.43. The maximum Gasteiger partial charge on any atom is 0.434 e. The number of aryl methyl sites for hydroxylation is 1. The van der Waals surface area contributed by atoms with Gasteiger partial charge in [0, 0.05) is 25.2 Å². The van der Waals surface area contributed by atoms with Crippen LogP contribution in [0.4, 0.5) is 13.2 Å². The second-order valence-electron chi connectivity index (χ2n) is 6.93. The summed E-state index contributed by atoms with van der Waals surface area (Å²) < 4.78 is 45.6. The van der Waals surface area contributed by atoms with Crippen LogP contribution in [-0.4, -0.2) is 34.3 Å². The summed E-state index contributed by atoms with van der Waals surface area (Å²) in [5.74, 6) is 0.910. The smallest absolute Gasteiger partial charge is 0.375 e. The molecule has 0 spiro atoms. The highest BCUT2D eigenvalue weighted by atomic mass is 19.4. The largest absolute Gasteiger partial charge is 0.434 e. The summed E-state index contributed by atoms with van der Waals surface area (Å²) in [5.41, 5.74) is -0.770. The molecule has 1 N–H and O–H groups in total. The van der Waals surface area contributed by atoms with Crippen LogP contribution in [0.5, 0.6) is 0 Å². The molecule has 0 amide bonds. The number of hydrogen-bond acceptors (Lipinski definition) is 3. The Balaban J connectivity index is 1.54. The van der Waals surface area contributed by atoms with Crippen LogP contribution < -0.4 is 5.32 Å². The van der Waals surface area contributed by atoms with E-state index in [1.807, 2.05) is 0 Å². The molecule has 4 nitrogen and oxygen atoms in total. The van der Waals surface area contributed by atoms with Gasteiger partial charge in [0.2, 0.25) is 0 Å². The van der Waals surface area contributed by atoms with Crippen molar-refractivity contribution < 1.29 is 17.9 Å². The number of nitrogens with one attached hydrogen (secondary N) is 1. The first-order chi connectivity index (χ1) is 10.8. The van der Waals surface area contributed by atoms with Gasteiger partial charge < -0.3 is 14.6 Å². The maximum absolute atomic E-state index is 12.7. The highest BCUT2D eigenvalue weighted by Gasteiger charge is 2.36. The molecule has 130 valence electrons. The van der Waals surface area contributed by atoms with Crippen molar-refractivity contribution in [3.05, 3.63) is 17.7 Å². The number of fused-ring (bicyclic) bond motifs is 1. The molecule has 0 radical (unpaired) electrons. The van der Waals surface area contributed by atoms with Gasteiger partial charge in [0.05, 0.1) is 12.2 Å². The van der Waals surface area contributed by atoms with E-state index in [9.17, 15) is 13.2 Å². The molecular weight excluding hydrogens is 307 g/mol. The van der Waals surface area contributed by atoms with Crippen molar-refractivity contribution >= 4 is 0 Å². The van der Waals surface area contributed by atoms with Crippen molar-refractivity contribution in [1.82, 2.24) is 14.9 Å². The van der Waals surface area contributed by atoms with E-state index in [1.54, 1.807) is 4.57 Å². The predicted octanol–water partition coefficient (Wildman–Crippen LogP) is 3.01. The number of imidazole rings is 1. The highest BCUT2D eigenvalue weighted by Crippen LogP contribution is 2.30. The third-order valence-electron chi connectivity index (χ3n) is 4.77. The van der Waals surface area contributed by atoms with Crippen LogP contribution in [0.2, 0.25) is 0 Å². The lowest BCUT2D eigenvalue weighted by Gasteiger charge is -2.34. The number of nitrogens with zero attached hydrogens (tertiary/aromatic N) is 2. The zero-order valence-corrected chi connectivity index (χ0v) is 13.6. The summed E-state index contributed by atoms with van der Waals surface area (Å²) in [4.78, 5) is 3.73. The number of ether oxygens (including phenoxy) is 1. The van der Waals surface area contributed by atoms with E-state index in [1.165, 1.54) is 0 Å². The van der Waals surface area contributed by atoms with Crippen molar-refractivity contribution in [1.29, 1.82) is 0 Å². The molecule has 0 saturated carbocycles. The van der Waals surface area contributed by atoms with Crippen molar-refractivity contribution in [2.24, 2.45) is 5.92 Å². The van der Waals surface area contributed by atoms with Crippen molar-refractivity contribution in [3.8, 4) is 0 Å². The molecule has 0 aliphatic carbocycles. The van der Waals surface area contributed by atoms with E-state index in [2.05, 4.69) is 24.1 Å². The Hall–Kier alpha value is -1.08. The van der Waals surface area contributed by atoms with Crippen molar-refractivity contribution in [2.45, 2.75) is 70.5 Å². The summed E-state index contributed by atoms with van der Waals surface area (Å²) >= 11 is 0. The molecule has 4 atom stereocenters. The number of alkyl halides is 3. The minimum absolute atomic E-state index is 0.261. The molecule has 1 aromatic rings. The lowest BCUT2D eigenvalue weighted by molar-refractivity contribution is -0.141. The van der Waals surface area contributed by atoms with Crippen LogP contribution in [0.15, 0.2) is 6.20 Å². The first kappa shape index (κ1) is 16.8. The Morgan fingerprint density at radius 1 is 1.30 bits per heavy atom. The average Bonchev–Trinajstić information content (AvgIpc) is 2.87. The van der Waals surface area contributed by atoms with E-state index in [-0.39, 0.29) is 12.2 Å². The minimum atomic E-state index is -4.35. The van der Waals surface area contributed by atoms with Gasteiger partial charge in [-0.05, 0) is 45.6 Å². The van der Waals surface area contributed by atoms with E-state index in [0.717, 1.165) is 32.0 Å². The Bertz CT molecular complexity index is 533. The molecular formula is C16H24F3N3O. The van der Waals surface area contributed by atoms with Gasteiger partial charge in [0.1, 0.15) is 5.82 Å². The molecule has 7 heteroatoms. The average molecular weight is 331 g/mol. The van der Waals surface area contributed by atoms with Gasteiger partial charge >= 0.3 is 6.18 Å². The fourth-order valence-electron chi connectivity index (χ4n) is 3.72. The fraction of sp³-hybridized carbons (Fsp3) is 0.812. The minimum Gasteiger partial charge on any atom is -0.375 e. The van der Waals surface area contributed by atoms with Gasteiger partial charge in [-0.15, -0.1) is 0 Å². The third-order valence-corrected chi connectivity index (χ3v) is 4.77. The number of halogens is 3.